The van der Waals surface area contributed by atoms with Crippen LogP contribution in [0.3, 0.4) is 0 Å². The number of phenolic OH excluding ortho intramolecular Hbond substituents is 1. The van der Waals surface area contributed by atoms with Gasteiger partial charge in [-0.3, -0.25) is 4.79 Å². The third kappa shape index (κ3) is 2.96. The van der Waals surface area contributed by atoms with E-state index >= 15 is 0 Å². The molecular weight excluding hydrogens is 344 g/mol. The third-order valence-corrected chi connectivity index (χ3v) is 3.98. The summed E-state index contributed by atoms with van der Waals surface area (Å²) < 4.78 is 0. The summed E-state index contributed by atoms with van der Waals surface area (Å²) in [5.41, 5.74) is 0.468. The zero-order valence-corrected chi connectivity index (χ0v) is 12.8. The highest BCUT2D eigenvalue weighted by molar-refractivity contribution is 6.46. The summed E-state index contributed by atoms with van der Waals surface area (Å²) in [5, 5.41) is 12.2. The van der Waals surface area contributed by atoms with E-state index in [1.54, 1.807) is 24.3 Å². The molecule has 0 aromatic heterocycles. The highest BCUT2D eigenvalue weighted by Crippen LogP contribution is 2.42. The molecule has 104 valence electrons. The number of aromatic hydroxyl groups is 1. The van der Waals surface area contributed by atoms with E-state index in [9.17, 15) is 9.90 Å². The van der Waals surface area contributed by atoms with E-state index in [1.807, 2.05) is 0 Å². The average Bonchev–Trinajstić information content (AvgIpc) is 2.42. The minimum Gasteiger partial charge on any atom is -0.505 e. The van der Waals surface area contributed by atoms with Crippen molar-refractivity contribution >= 4 is 58.0 Å². The smallest absolute Gasteiger partial charge is 0.257 e. The number of carbonyl (C=O) groups excluding carboxylic acids is 1. The highest BCUT2D eigenvalue weighted by atomic mass is 35.5. The lowest BCUT2D eigenvalue weighted by Gasteiger charge is -2.11. The number of nitrogens with one attached hydrogen (secondary N) is 1. The van der Waals surface area contributed by atoms with Gasteiger partial charge in [0.1, 0.15) is 5.02 Å². The number of hydrogen-bond acceptors (Lipinski definition) is 2. The first-order valence-electron chi connectivity index (χ1n) is 5.34. The molecule has 0 fully saturated rings. The fourth-order valence-corrected chi connectivity index (χ4v) is 2.38. The Bertz CT molecular complexity index is 688. The van der Waals surface area contributed by atoms with Gasteiger partial charge in [-0.1, -0.05) is 58.5 Å². The Labute approximate surface area is 135 Å². The average molecular weight is 351 g/mol. The van der Waals surface area contributed by atoms with E-state index in [0.29, 0.717) is 5.02 Å². The van der Waals surface area contributed by atoms with E-state index in [1.165, 1.54) is 6.07 Å². The molecule has 0 bridgehead atoms. The molecule has 0 heterocycles. The van der Waals surface area contributed by atoms with Crippen LogP contribution in [0.25, 0.3) is 0 Å². The van der Waals surface area contributed by atoms with Crippen molar-refractivity contribution in [2.45, 2.75) is 0 Å². The third-order valence-electron chi connectivity index (χ3n) is 2.50. The van der Waals surface area contributed by atoms with Crippen molar-refractivity contribution in [3.63, 3.8) is 0 Å². The number of phenols is 1. The predicted molar refractivity (Wildman–Crippen MR) is 82.5 cm³/mol. The van der Waals surface area contributed by atoms with Crippen molar-refractivity contribution in [2.24, 2.45) is 0 Å². The number of amides is 1. The molecule has 0 aliphatic heterocycles. The molecule has 2 aromatic carbocycles. The molecule has 3 nitrogen and oxygen atoms in total. The molecule has 1 amide bonds. The van der Waals surface area contributed by atoms with Gasteiger partial charge in [0.25, 0.3) is 5.91 Å². The maximum absolute atomic E-state index is 12.1. The fourth-order valence-electron chi connectivity index (χ4n) is 1.51. The summed E-state index contributed by atoms with van der Waals surface area (Å²) in [6, 6.07) is 7.85. The predicted octanol–water partition coefficient (Wildman–Crippen LogP) is 5.26. The minimum atomic E-state index is -0.463. The number of rotatable bonds is 2. The van der Waals surface area contributed by atoms with Crippen molar-refractivity contribution in [3.8, 4) is 5.75 Å². The number of hydrogen-bond donors (Lipinski definition) is 2. The van der Waals surface area contributed by atoms with Crippen LogP contribution < -0.4 is 5.32 Å². The zero-order valence-electron chi connectivity index (χ0n) is 9.75. The van der Waals surface area contributed by atoms with Gasteiger partial charge in [0.05, 0.1) is 26.3 Å². The molecular formula is C13H7Cl4NO2. The van der Waals surface area contributed by atoms with E-state index in [-0.39, 0.29) is 32.1 Å². The summed E-state index contributed by atoms with van der Waals surface area (Å²) in [6.07, 6.45) is 0. The molecule has 0 unspecified atom stereocenters. The Hall–Kier alpha value is -1.13. The maximum Gasteiger partial charge on any atom is 0.257 e. The highest BCUT2D eigenvalue weighted by Gasteiger charge is 2.17. The lowest BCUT2D eigenvalue weighted by molar-refractivity contribution is 0.102. The summed E-state index contributed by atoms with van der Waals surface area (Å²) >= 11 is 23.5. The van der Waals surface area contributed by atoms with Gasteiger partial charge in [0.2, 0.25) is 0 Å². The van der Waals surface area contributed by atoms with Crippen LogP contribution in [0.4, 0.5) is 5.69 Å². The van der Waals surface area contributed by atoms with Crippen LogP contribution in [0, 0.1) is 0 Å². The number of carbonyl (C=O) groups is 1. The van der Waals surface area contributed by atoms with Crippen molar-refractivity contribution in [1.82, 2.24) is 0 Å². The second-order valence-corrected chi connectivity index (χ2v) is 5.39. The molecule has 0 saturated carbocycles. The Morgan fingerprint density at radius 2 is 1.65 bits per heavy atom. The van der Waals surface area contributed by atoms with Crippen LogP contribution >= 0.6 is 46.4 Å². The molecule has 2 rings (SSSR count). The second kappa shape index (κ2) is 6.10. The molecule has 7 heteroatoms. The van der Waals surface area contributed by atoms with Crippen molar-refractivity contribution in [2.75, 3.05) is 5.32 Å². The Morgan fingerprint density at radius 3 is 2.30 bits per heavy atom. The largest absolute Gasteiger partial charge is 0.505 e. The molecule has 0 aliphatic carbocycles. The Morgan fingerprint density at radius 1 is 1.00 bits per heavy atom. The summed E-state index contributed by atoms with van der Waals surface area (Å²) in [4.78, 5) is 12.1. The van der Waals surface area contributed by atoms with Gasteiger partial charge < -0.3 is 10.4 Å². The first-order chi connectivity index (χ1) is 9.41. The number of anilines is 1. The SMILES string of the molecule is O=C(Nc1cc(Cl)c(O)c(Cl)c1Cl)c1ccccc1Cl. The molecule has 2 aromatic rings. The van der Waals surface area contributed by atoms with Gasteiger partial charge in [-0.15, -0.1) is 0 Å². The van der Waals surface area contributed by atoms with Gasteiger partial charge >= 0.3 is 0 Å². The van der Waals surface area contributed by atoms with Crippen LogP contribution in [0.15, 0.2) is 30.3 Å². The minimum absolute atomic E-state index is 0.00558. The van der Waals surface area contributed by atoms with E-state index in [0.717, 1.165) is 0 Å². The quantitative estimate of drug-likeness (QED) is 0.573. The van der Waals surface area contributed by atoms with Crippen LogP contribution in [-0.4, -0.2) is 11.0 Å². The van der Waals surface area contributed by atoms with E-state index in [2.05, 4.69) is 5.32 Å². The molecule has 0 saturated heterocycles. The van der Waals surface area contributed by atoms with Gasteiger partial charge in [0.15, 0.2) is 5.75 Å². The van der Waals surface area contributed by atoms with Gasteiger partial charge in [-0.25, -0.2) is 0 Å². The number of halogens is 4. The van der Waals surface area contributed by atoms with Crippen LogP contribution in [-0.2, 0) is 0 Å². The zero-order chi connectivity index (χ0) is 14.9. The standard InChI is InChI=1S/C13H7Cl4NO2/c14-7-4-2-1-3-6(7)13(20)18-9-5-8(15)12(19)11(17)10(9)16/h1-5,19H,(H,18,20). The molecule has 2 N–H and O–H groups in total. The summed E-state index contributed by atoms with van der Waals surface area (Å²) in [6.45, 7) is 0. The van der Waals surface area contributed by atoms with Gasteiger partial charge in [-0.05, 0) is 18.2 Å². The second-order valence-electron chi connectivity index (χ2n) is 3.82. The Kier molecular flexibility index (Phi) is 4.66. The van der Waals surface area contributed by atoms with Crippen molar-refractivity contribution < 1.29 is 9.90 Å². The first kappa shape index (κ1) is 15.3. The fraction of sp³-hybridized carbons (Fsp3) is 0. The van der Waals surface area contributed by atoms with Crippen LogP contribution in [0.2, 0.25) is 20.1 Å². The Balaban J connectivity index is 2.36. The van der Waals surface area contributed by atoms with Gasteiger partial charge in [0, 0.05) is 0 Å². The lowest BCUT2D eigenvalue weighted by Crippen LogP contribution is -2.12. The van der Waals surface area contributed by atoms with Crippen LogP contribution in [0.5, 0.6) is 5.75 Å². The lowest BCUT2D eigenvalue weighted by atomic mass is 10.2. The van der Waals surface area contributed by atoms with Gasteiger partial charge in [-0.2, -0.15) is 0 Å². The summed E-state index contributed by atoms with van der Waals surface area (Å²) in [7, 11) is 0. The molecule has 0 radical (unpaired) electrons. The van der Waals surface area contributed by atoms with Crippen LogP contribution in [0.1, 0.15) is 10.4 Å². The van der Waals surface area contributed by atoms with Crippen molar-refractivity contribution in [1.29, 1.82) is 0 Å². The number of benzene rings is 2. The van der Waals surface area contributed by atoms with E-state index in [4.69, 9.17) is 46.4 Å². The first-order valence-corrected chi connectivity index (χ1v) is 6.85. The van der Waals surface area contributed by atoms with Crippen molar-refractivity contribution in [3.05, 3.63) is 56.0 Å². The monoisotopic (exact) mass is 349 g/mol. The maximum atomic E-state index is 12.1. The normalized spacial score (nSPS) is 10.4. The topological polar surface area (TPSA) is 49.3 Å². The molecule has 0 aliphatic rings. The summed E-state index contributed by atoms with van der Waals surface area (Å²) in [5.74, 6) is -0.801. The molecule has 0 spiro atoms. The van der Waals surface area contributed by atoms with E-state index < -0.39 is 5.91 Å². The molecule has 20 heavy (non-hydrogen) atoms. The molecule has 0 atom stereocenters.